The minimum atomic E-state index is -0.487. The van der Waals surface area contributed by atoms with Crippen LogP contribution in [0.15, 0.2) is 54.6 Å². The predicted octanol–water partition coefficient (Wildman–Crippen LogP) is 1.98. The number of anilines is 2. The standard InChI is InChI=1S/C22H25N5O4/c1-31-19-10-8-17(9-11-19)24-16-21(29)26-25-20(28)12-13-22(30)27(15-5-14-23)18-6-3-2-4-7-18/h2-4,6-11,24H,5,12-13,15-16H2,1H3,(H,25,28)(H,26,29). The smallest absolute Gasteiger partial charge is 0.257 e. The van der Waals surface area contributed by atoms with Crippen LogP contribution in [0.2, 0.25) is 0 Å². The highest BCUT2D eigenvalue weighted by molar-refractivity contribution is 5.95. The Hall–Kier alpha value is -4.06. The molecule has 0 radical (unpaired) electrons. The molecule has 3 N–H and O–H groups in total. The summed E-state index contributed by atoms with van der Waals surface area (Å²) in [5, 5.41) is 11.7. The molecule has 2 aromatic carbocycles. The van der Waals surface area contributed by atoms with Crippen LogP contribution in [0.1, 0.15) is 19.3 Å². The van der Waals surface area contributed by atoms with E-state index in [1.54, 1.807) is 55.6 Å². The van der Waals surface area contributed by atoms with E-state index in [4.69, 9.17) is 10.00 Å². The van der Waals surface area contributed by atoms with Crippen molar-refractivity contribution in [3.63, 3.8) is 0 Å². The molecule has 0 fully saturated rings. The SMILES string of the molecule is COc1ccc(NCC(=O)NNC(=O)CCC(=O)N(CCC#N)c2ccccc2)cc1. The third kappa shape index (κ3) is 8.06. The van der Waals surface area contributed by atoms with Crippen molar-refractivity contribution in [3.05, 3.63) is 54.6 Å². The van der Waals surface area contributed by atoms with Crippen LogP contribution in [-0.4, -0.2) is 37.9 Å². The van der Waals surface area contributed by atoms with Gasteiger partial charge in [0.25, 0.3) is 5.91 Å². The van der Waals surface area contributed by atoms with Crippen molar-refractivity contribution in [1.82, 2.24) is 10.9 Å². The Morgan fingerprint density at radius 1 is 0.968 bits per heavy atom. The largest absolute Gasteiger partial charge is 0.497 e. The van der Waals surface area contributed by atoms with Crippen LogP contribution in [0.25, 0.3) is 0 Å². The first-order valence-electron chi connectivity index (χ1n) is 9.71. The highest BCUT2D eigenvalue weighted by atomic mass is 16.5. The average molecular weight is 423 g/mol. The van der Waals surface area contributed by atoms with Gasteiger partial charge < -0.3 is 15.0 Å². The Balaban J connectivity index is 1.73. The number of benzene rings is 2. The number of ether oxygens (including phenoxy) is 1. The Morgan fingerprint density at radius 3 is 2.29 bits per heavy atom. The van der Waals surface area contributed by atoms with Gasteiger partial charge in [-0.2, -0.15) is 5.26 Å². The third-order valence-corrected chi connectivity index (χ3v) is 4.27. The molecule has 0 atom stereocenters. The van der Waals surface area contributed by atoms with Gasteiger partial charge in [0.15, 0.2) is 0 Å². The predicted molar refractivity (Wildman–Crippen MR) is 116 cm³/mol. The molecule has 0 aliphatic carbocycles. The lowest BCUT2D eigenvalue weighted by molar-refractivity contribution is -0.129. The van der Waals surface area contributed by atoms with Crippen LogP contribution < -0.4 is 25.8 Å². The Kier molecular flexibility index (Phi) is 9.36. The van der Waals surface area contributed by atoms with E-state index in [0.717, 1.165) is 5.69 Å². The Bertz CT molecular complexity index is 910. The fourth-order valence-electron chi connectivity index (χ4n) is 2.66. The minimum absolute atomic E-state index is 0.0402. The number of hydrogen-bond acceptors (Lipinski definition) is 6. The Labute approximate surface area is 181 Å². The number of nitriles is 1. The summed E-state index contributed by atoms with van der Waals surface area (Å²) in [5.74, 6) is -0.491. The van der Waals surface area contributed by atoms with Crippen molar-refractivity contribution < 1.29 is 19.1 Å². The number of methoxy groups -OCH3 is 1. The van der Waals surface area contributed by atoms with Gasteiger partial charge in [-0.1, -0.05) is 18.2 Å². The van der Waals surface area contributed by atoms with E-state index in [9.17, 15) is 14.4 Å². The molecule has 0 spiro atoms. The van der Waals surface area contributed by atoms with Gasteiger partial charge in [-0.3, -0.25) is 25.2 Å². The number of rotatable bonds is 10. The molecule has 9 nitrogen and oxygen atoms in total. The van der Waals surface area contributed by atoms with Crippen molar-refractivity contribution >= 4 is 29.1 Å². The average Bonchev–Trinajstić information content (AvgIpc) is 2.81. The first-order chi connectivity index (χ1) is 15.0. The highest BCUT2D eigenvalue weighted by Crippen LogP contribution is 2.16. The number of hydrazine groups is 1. The number of nitrogens with zero attached hydrogens (tertiary/aromatic N) is 2. The van der Waals surface area contributed by atoms with E-state index in [-0.39, 0.29) is 38.3 Å². The summed E-state index contributed by atoms with van der Waals surface area (Å²) in [5.41, 5.74) is 5.99. The molecule has 0 unspecified atom stereocenters. The zero-order valence-corrected chi connectivity index (χ0v) is 17.3. The van der Waals surface area contributed by atoms with E-state index >= 15 is 0 Å². The van der Waals surface area contributed by atoms with Gasteiger partial charge >= 0.3 is 0 Å². The zero-order chi connectivity index (χ0) is 22.5. The summed E-state index contributed by atoms with van der Waals surface area (Å²) in [6, 6.07) is 18.0. The second kappa shape index (κ2) is 12.5. The third-order valence-electron chi connectivity index (χ3n) is 4.27. The molecule has 0 aliphatic heterocycles. The first kappa shape index (κ1) is 23.2. The molecule has 9 heteroatoms. The Morgan fingerprint density at radius 2 is 1.65 bits per heavy atom. The van der Waals surface area contributed by atoms with E-state index < -0.39 is 11.8 Å². The molecular formula is C22H25N5O4. The second-order valence-corrected chi connectivity index (χ2v) is 6.47. The zero-order valence-electron chi connectivity index (χ0n) is 17.3. The summed E-state index contributed by atoms with van der Waals surface area (Å²) >= 11 is 0. The number of para-hydroxylation sites is 1. The molecule has 0 saturated carbocycles. The maximum absolute atomic E-state index is 12.5. The summed E-state index contributed by atoms with van der Waals surface area (Å²) in [6.07, 6.45) is 0.0388. The number of hydrogen-bond donors (Lipinski definition) is 3. The van der Waals surface area contributed by atoms with Gasteiger partial charge in [0.1, 0.15) is 5.75 Å². The summed E-state index contributed by atoms with van der Waals surface area (Å²) < 4.78 is 5.06. The van der Waals surface area contributed by atoms with E-state index in [2.05, 4.69) is 16.2 Å². The summed E-state index contributed by atoms with van der Waals surface area (Å²) in [6.45, 7) is 0.205. The minimum Gasteiger partial charge on any atom is -0.497 e. The van der Waals surface area contributed by atoms with Gasteiger partial charge in [-0.15, -0.1) is 0 Å². The fourth-order valence-corrected chi connectivity index (χ4v) is 2.66. The lowest BCUT2D eigenvalue weighted by Crippen LogP contribution is -2.44. The number of carbonyl (C=O) groups is 3. The van der Waals surface area contributed by atoms with Gasteiger partial charge in [0.2, 0.25) is 11.8 Å². The number of nitrogens with one attached hydrogen (secondary N) is 3. The molecule has 31 heavy (non-hydrogen) atoms. The van der Waals surface area contributed by atoms with Crippen LogP contribution >= 0.6 is 0 Å². The molecule has 162 valence electrons. The number of amides is 3. The van der Waals surface area contributed by atoms with Crippen LogP contribution in [0.3, 0.4) is 0 Å². The molecule has 2 rings (SSSR count). The summed E-state index contributed by atoms with van der Waals surface area (Å²) in [7, 11) is 1.57. The molecule has 0 bridgehead atoms. The maximum atomic E-state index is 12.5. The lowest BCUT2D eigenvalue weighted by Gasteiger charge is -2.21. The van der Waals surface area contributed by atoms with Crippen LogP contribution in [-0.2, 0) is 14.4 Å². The van der Waals surface area contributed by atoms with Crippen molar-refractivity contribution in [1.29, 1.82) is 5.26 Å². The molecule has 0 saturated heterocycles. The van der Waals surface area contributed by atoms with Crippen molar-refractivity contribution in [2.45, 2.75) is 19.3 Å². The number of carbonyl (C=O) groups excluding carboxylic acids is 3. The van der Waals surface area contributed by atoms with E-state index in [1.165, 1.54) is 4.90 Å². The van der Waals surface area contributed by atoms with Crippen molar-refractivity contribution in [2.75, 3.05) is 30.4 Å². The lowest BCUT2D eigenvalue weighted by atomic mass is 10.2. The highest BCUT2D eigenvalue weighted by Gasteiger charge is 2.16. The fraction of sp³-hybridized carbons (Fsp3) is 0.273. The van der Waals surface area contributed by atoms with Gasteiger partial charge in [-0.05, 0) is 36.4 Å². The second-order valence-electron chi connectivity index (χ2n) is 6.47. The molecule has 2 aromatic rings. The van der Waals surface area contributed by atoms with E-state index in [1.807, 2.05) is 12.1 Å². The quantitative estimate of drug-likeness (QED) is 0.502. The topological polar surface area (TPSA) is 124 Å². The molecule has 3 amide bonds. The van der Waals surface area contributed by atoms with Crippen molar-refractivity contribution in [3.8, 4) is 11.8 Å². The molecule has 0 heterocycles. The normalized spacial score (nSPS) is 9.81. The molecule has 0 aromatic heterocycles. The monoisotopic (exact) mass is 423 g/mol. The van der Waals surface area contributed by atoms with Gasteiger partial charge in [-0.25, -0.2) is 0 Å². The van der Waals surface area contributed by atoms with E-state index in [0.29, 0.717) is 11.4 Å². The van der Waals surface area contributed by atoms with Crippen molar-refractivity contribution in [2.24, 2.45) is 0 Å². The maximum Gasteiger partial charge on any atom is 0.257 e. The van der Waals surface area contributed by atoms with Crippen LogP contribution in [0, 0.1) is 11.3 Å². The first-order valence-corrected chi connectivity index (χ1v) is 9.71. The van der Waals surface area contributed by atoms with Gasteiger partial charge in [0, 0.05) is 30.8 Å². The molecule has 0 aliphatic rings. The van der Waals surface area contributed by atoms with Crippen LogP contribution in [0.4, 0.5) is 11.4 Å². The van der Waals surface area contributed by atoms with Gasteiger partial charge in [0.05, 0.1) is 26.1 Å². The van der Waals surface area contributed by atoms with Crippen LogP contribution in [0.5, 0.6) is 5.75 Å². The summed E-state index contributed by atoms with van der Waals surface area (Å²) in [4.78, 5) is 37.9. The molecular weight excluding hydrogens is 398 g/mol.